The number of alkyl halides is 3. The maximum absolute atomic E-state index is 12.0. The number of rotatable bonds is 1. The minimum atomic E-state index is -4.74. The van der Waals surface area contributed by atoms with Crippen molar-refractivity contribution in [2.24, 2.45) is 0 Å². The van der Waals surface area contributed by atoms with E-state index in [1.165, 1.54) is 0 Å². The Morgan fingerprint density at radius 1 is 1.43 bits per heavy atom. The largest absolute Gasteiger partial charge is 0.854 e. The molecule has 0 amide bonds. The van der Waals surface area contributed by atoms with Gasteiger partial charge in [0.25, 0.3) is 5.69 Å². The zero-order valence-corrected chi connectivity index (χ0v) is 6.41. The van der Waals surface area contributed by atoms with Crippen LogP contribution in [-0.2, 0) is 6.18 Å². The second kappa shape index (κ2) is 3.13. The summed E-state index contributed by atoms with van der Waals surface area (Å²) in [6.45, 7) is 0. The Balaban J connectivity index is 3.27. The first kappa shape index (κ1) is 10.2. The standard InChI is InChI=1S/C6H3F3N2O3/c7-6(8,9)3-1-4(11(13)14)5(12)10-2-3/h1-2H,(H,10,12)/p-1. The molecule has 14 heavy (non-hydrogen) atoms. The van der Waals surface area contributed by atoms with Crippen LogP contribution in [0.5, 0.6) is 5.88 Å². The average Bonchev–Trinajstić information content (AvgIpc) is 2.02. The molecular weight excluding hydrogens is 205 g/mol. The smallest absolute Gasteiger partial charge is 0.418 e. The number of nitro groups is 1. The molecule has 1 aromatic heterocycles. The number of pyridine rings is 1. The highest BCUT2D eigenvalue weighted by Crippen LogP contribution is 2.32. The van der Waals surface area contributed by atoms with E-state index in [0.717, 1.165) is 0 Å². The summed E-state index contributed by atoms with van der Waals surface area (Å²) in [7, 11) is 0. The van der Waals surface area contributed by atoms with E-state index < -0.39 is 28.2 Å². The van der Waals surface area contributed by atoms with Crippen LogP contribution >= 0.6 is 0 Å². The summed E-state index contributed by atoms with van der Waals surface area (Å²) in [4.78, 5) is 11.6. The van der Waals surface area contributed by atoms with E-state index in [1.807, 2.05) is 0 Å². The van der Waals surface area contributed by atoms with Crippen LogP contribution in [0.3, 0.4) is 0 Å². The molecule has 0 aliphatic heterocycles. The van der Waals surface area contributed by atoms with Crippen LogP contribution in [-0.4, -0.2) is 9.91 Å². The first-order valence-corrected chi connectivity index (χ1v) is 3.21. The van der Waals surface area contributed by atoms with E-state index in [1.54, 1.807) is 0 Å². The monoisotopic (exact) mass is 207 g/mol. The second-order valence-electron chi connectivity index (χ2n) is 2.30. The summed E-state index contributed by atoms with van der Waals surface area (Å²) in [5.41, 5.74) is -2.50. The van der Waals surface area contributed by atoms with Gasteiger partial charge in [-0.3, -0.25) is 15.1 Å². The third-order valence-electron chi connectivity index (χ3n) is 1.36. The lowest BCUT2D eigenvalue weighted by Gasteiger charge is -2.09. The fourth-order valence-electron chi connectivity index (χ4n) is 0.726. The van der Waals surface area contributed by atoms with Crippen LogP contribution in [0.2, 0.25) is 0 Å². The van der Waals surface area contributed by atoms with Crippen molar-refractivity contribution >= 4 is 5.69 Å². The highest BCUT2D eigenvalue weighted by Gasteiger charge is 2.32. The van der Waals surface area contributed by atoms with Crippen molar-refractivity contribution < 1.29 is 23.2 Å². The number of halogens is 3. The first-order valence-electron chi connectivity index (χ1n) is 3.21. The van der Waals surface area contributed by atoms with Gasteiger partial charge in [0.2, 0.25) is 0 Å². The Hall–Kier alpha value is -1.86. The van der Waals surface area contributed by atoms with Crippen LogP contribution in [0.4, 0.5) is 18.9 Å². The molecule has 5 nitrogen and oxygen atoms in total. The molecule has 0 aliphatic rings. The molecule has 0 aromatic carbocycles. The van der Waals surface area contributed by atoms with Crippen molar-refractivity contribution in [2.75, 3.05) is 0 Å². The molecule has 0 N–H and O–H groups in total. The van der Waals surface area contributed by atoms with E-state index in [0.29, 0.717) is 0 Å². The fraction of sp³-hybridized carbons (Fsp3) is 0.167. The average molecular weight is 207 g/mol. The third kappa shape index (κ3) is 1.90. The Labute approximate surface area is 75.0 Å². The van der Waals surface area contributed by atoms with Gasteiger partial charge in [-0.1, -0.05) is 0 Å². The predicted octanol–water partition coefficient (Wildman–Crippen LogP) is 1.08. The van der Waals surface area contributed by atoms with Crippen molar-refractivity contribution in [1.29, 1.82) is 0 Å². The number of nitrogens with zero attached hydrogens (tertiary/aromatic N) is 2. The summed E-state index contributed by atoms with van der Waals surface area (Å²) in [6, 6.07) is 0.162. The first-order chi connectivity index (χ1) is 6.32. The van der Waals surface area contributed by atoms with Gasteiger partial charge in [-0.05, 0) is 0 Å². The van der Waals surface area contributed by atoms with Gasteiger partial charge in [0.15, 0.2) is 0 Å². The third-order valence-corrected chi connectivity index (χ3v) is 1.36. The van der Waals surface area contributed by atoms with Crippen LogP contribution in [0.25, 0.3) is 0 Å². The Kier molecular flexibility index (Phi) is 2.28. The second-order valence-corrected chi connectivity index (χ2v) is 2.30. The minimum absolute atomic E-state index is 0.162. The summed E-state index contributed by atoms with van der Waals surface area (Å²) in [5.74, 6) is -1.29. The Morgan fingerprint density at radius 2 is 2.00 bits per heavy atom. The van der Waals surface area contributed by atoms with Crippen LogP contribution in [0.15, 0.2) is 12.3 Å². The molecule has 0 bridgehead atoms. The molecule has 0 saturated carbocycles. The Bertz CT molecular complexity index is 377. The molecule has 0 spiro atoms. The zero-order valence-electron chi connectivity index (χ0n) is 6.41. The Morgan fingerprint density at radius 3 is 2.43 bits per heavy atom. The molecule has 0 saturated heterocycles. The van der Waals surface area contributed by atoms with Gasteiger partial charge in [0, 0.05) is 12.3 Å². The molecule has 0 atom stereocenters. The van der Waals surface area contributed by atoms with Crippen molar-refractivity contribution in [2.45, 2.75) is 6.18 Å². The molecule has 1 aromatic rings. The normalized spacial score (nSPS) is 11.4. The molecular formula is C6H2F3N2O3-. The summed E-state index contributed by atoms with van der Waals surface area (Å²) in [5, 5.41) is 20.7. The van der Waals surface area contributed by atoms with Crippen LogP contribution in [0.1, 0.15) is 5.56 Å². The van der Waals surface area contributed by atoms with Gasteiger partial charge in [-0.25, -0.2) is 0 Å². The van der Waals surface area contributed by atoms with Crippen molar-refractivity contribution in [3.8, 4) is 5.88 Å². The minimum Gasteiger partial charge on any atom is -0.854 e. The lowest BCUT2D eigenvalue weighted by molar-refractivity contribution is -0.399. The molecule has 0 unspecified atom stereocenters. The van der Waals surface area contributed by atoms with Gasteiger partial charge in [-0.2, -0.15) is 13.2 Å². The zero-order chi connectivity index (χ0) is 10.9. The predicted molar refractivity (Wildman–Crippen MR) is 35.3 cm³/mol. The number of hydrogen-bond acceptors (Lipinski definition) is 4. The maximum Gasteiger partial charge on any atom is 0.418 e. The van der Waals surface area contributed by atoms with E-state index in [4.69, 9.17) is 0 Å². The topological polar surface area (TPSA) is 79.1 Å². The van der Waals surface area contributed by atoms with Crippen LogP contribution < -0.4 is 5.11 Å². The van der Waals surface area contributed by atoms with Crippen molar-refractivity contribution in [1.82, 2.24) is 4.98 Å². The molecule has 0 radical (unpaired) electrons. The van der Waals surface area contributed by atoms with Gasteiger partial charge in [0.1, 0.15) is 0 Å². The maximum atomic E-state index is 12.0. The highest BCUT2D eigenvalue weighted by atomic mass is 19.4. The fourth-order valence-corrected chi connectivity index (χ4v) is 0.726. The van der Waals surface area contributed by atoms with Gasteiger partial charge in [0.05, 0.1) is 16.4 Å². The number of hydrogen-bond donors (Lipinski definition) is 0. The van der Waals surface area contributed by atoms with E-state index in [9.17, 15) is 28.4 Å². The quantitative estimate of drug-likeness (QED) is 0.509. The van der Waals surface area contributed by atoms with Gasteiger partial charge in [-0.15, -0.1) is 0 Å². The number of aromatic nitrogens is 1. The van der Waals surface area contributed by atoms with E-state index >= 15 is 0 Å². The van der Waals surface area contributed by atoms with Gasteiger partial charge < -0.3 is 5.11 Å². The van der Waals surface area contributed by atoms with Crippen molar-refractivity contribution in [3.63, 3.8) is 0 Å². The lowest BCUT2D eigenvalue weighted by Crippen LogP contribution is -2.08. The molecule has 0 fully saturated rings. The lowest BCUT2D eigenvalue weighted by atomic mass is 10.2. The molecule has 1 rings (SSSR count). The molecule has 8 heteroatoms. The van der Waals surface area contributed by atoms with Crippen molar-refractivity contribution in [3.05, 3.63) is 27.9 Å². The summed E-state index contributed by atoms with van der Waals surface area (Å²) < 4.78 is 36.0. The highest BCUT2D eigenvalue weighted by molar-refractivity contribution is 5.41. The molecule has 1 heterocycles. The van der Waals surface area contributed by atoms with E-state index in [-0.39, 0.29) is 12.3 Å². The summed E-state index contributed by atoms with van der Waals surface area (Å²) >= 11 is 0. The molecule has 76 valence electrons. The molecule has 0 aliphatic carbocycles. The van der Waals surface area contributed by atoms with E-state index in [2.05, 4.69) is 4.98 Å². The summed E-state index contributed by atoms with van der Waals surface area (Å²) in [6.07, 6.45) is -4.49. The van der Waals surface area contributed by atoms with Gasteiger partial charge >= 0.3 is 6.18 Å². The van der Waals surface area contributed by atoms with Crippen LogP contribution in [0, 0.1) is 10.1 Å². The SMILES string of the molecule is O=[N+]([O-])c1cc(C(F)(F)F)cnc1[O-].